The van der Waals surface area contributed by atoms with E-state index < -0.39 is 11.5 Å². The van der Waals surface area contributed by atoms with E-state index in [9.17, 15) is 19.5 Å². The Bertz CT molecular complexity index is 728. The van der Waals surface area contributed by atoms with E-state index in [4.69, 9.17) is 5.11 Å². The maximum absolute atomic E-state index is 12.6. The maximum Gasteiger partial charge on any atom is 0.303 e. The highest BCUT2D eigenvalue weighted by molar-refractivity contribution is 5.80. The number of aliphatic carboxylic acids is 1. The van der Waals surface area contributed by atoms with E-state index in [0.29, 0.717) is 45.2 Å². The molecule has 8 nitrogen and oxygen atoms in total. The van der Waals surface area contributed by atoms with Crippen LogP contribution in [0.2, 0.25) is 0 Å². The Morgan fingerprint density at radius 2 is 1.68 bits per heavy atom. The Kier molecular flexibility index (Phi) is 6.06. The van der Waals surface area contributed by atoms with E-state index >= 15 is 0 Å². The molecule has 0 saturated carbocycles. The topological polar surface area (TPSA) is 110 Å². The first-order chi connectivity index (χ1) is 13.4. The molecule has 0 bridgehead atoms. The largest absolute Gasteiger partial charge is 0.508 e. The van der Waals surface area contributed by atoms with Crippen molar-refractivity contribution in [3.8, 4) is 5.75 Å². The van der Waals surface area contributed by atoms with Crippen LogP contribution in [0.4, 0.5) is 5.69 Å². The minimum Gasteiger partial charge on any atom is -0.508 e. The Hall–Kier alpha value is -2.77. The van der Waals surface area contributed by atoms with Crippen molar-refractivity contribution in [1.82, 2.24) is 10.2 Å². The molecule has 2 amide bonds. The number of hydrogen-bond donors (Lipinski definition) is 3. The van der Waals surface area contributed by atoms with Crippen LogP contribution >= 0.6 is 0 Å². The monoisotopic (exact) mass is 389 g/mol. The fourth-order valence-corrected chi connectivity index (χ4v) is 4.00. The molecule has 2 saturated heterocycles. The van der Waals surface area contributed by atoms with Crippen LogP contribution in [0, 0.1) is 0 Å². The predicted octanol–water partition coefficient (Wildman–Crippen LogP) is 1.33. The predicted molar refractivity (Wildman–Crippen MR) is 103 cm³/mol. The van der Waals surface area contributed by atoms with Crippen LogP contribution in [-0.2, 0) is 14.4 Å². The third kappa shape index (κ3) is 4.94. The SMILES string of the molecule is O=C(O)CC[C@]1(CCC(=O)N2CCN(c3ccc(O)cc3)CC2)CCC(=O)N1. The molecule has 0 aromatic heterocycles. The van der Waals surface area contributed by atoms with Gasteiger partial charge in [-0.1, -0.05) is 0 Å². The highest BCUT2D eigenvalue weighted by atomic mass is 16.4. The third-order valence-electron chi connectivity index (χ3n) is 5.72. The third-order valence-corrected chi connectivity index (χ3v) is 5.72. The number of piperazine rings is 1. The number of carbonyl (C=O) groups is 3. The van der Waals surface area contributed by atoms with E-state index in [1.165, 1.54) is 0 Å². The van der Waals surface area contributed by atoms with Crippen LogP contribution in [0.25, 0.3) is 0 Å². The molecule has 0 radical (unpaired) electrons. The molecule has 1 atom stereocenters. The Balaban J connectivity index is 1.50. The zero-order valence-electron chi connectivity index (χ0n) is 15.9. The van der Waals surface area contributed by atoms with Gasteiger partial charge in [-0.05, 0) is 43.5 Å². The Morgan fingerprint density at radius 3 is 2.25 bits per heavy atom. The first-order valence-corrected chi connectivity index (χ1v) is 9.71. The number of nitrogens with zero attached hydrogens (tertiary/aromatic N) is 2. The molecule has 0 aliphatic carbocycles. The van der Waals surface area contributed by atoms with Gasteiger partial charge in [0.25, 0.3) is 0 Å². The summed E-state index contributed by atoms with van der Waals surface area (Å²) in [6.07, 6.45) is 2.10. The lowest BCUT2D eigenvalue weighted by Crippen LogP contribution is -2.49. The molecule has 0 unspecified atom stereocenters. The summed E-state index contributed by atoms with van der Waals surface area (Å²) < 4.78 is 0. The van der Waals surface area contributed by atoms with Gasteiger partial charge < -0.3 is 25.3 Å². The van der Waals surface area contributed by atoms with Crippen LogP contribution in [-0.4, -0.2) is 64.6 Å². The van der Waals surface area contributed by atoms with E-state index in [1.54, 1.807) is 12.1 Å². The average Bonchev–Trinajstić information content (AvgIpc) is 3.07. The summed E-state index contributed by atoms with van der Waals surface area (Å²) in [5.74, 6) is -0.688. The highest BCUT2D eigenvalue weighted by Crippen LogP contribution is 2.30. The molecule has 3 N–H and O–H groups in total. The molecular weight excluding hydrogens is 362 g/mol. The van der Waals surface area contributed by atoms with Crippen molar-refractivity contribution in [3.05, 3.63) is 24.3 Å². The molecule has 2 heterocycles. The van der Waals surface area contributed by atoms with E-state index in [1.807, 2.05) is 17.0 Å². The standard InChI is InChI=1S/C20H27N3O5/c24-16-3-1-15(2-4-16)22-11-13-23(14-12-22)18(26)6-9-20(10-7-19(27)28)8-5-17(25)21-20/h1-4,24H,5-14H2,(H,21,25)(H,27,28)/t20-/m1/s1. The number of hydrogen-bond acceptors (Lipinski definition) is 5. The zero-order valence-corrected chi connectivity index (χ0v) is 15.9. The summed E-state index contributed by atoms with van der Waals surface area (Å²) in [6.45, 7) is 2.68. The average molecular weight is 389 g/mol. The van der Waals surface area contributed by atoms with Gasteiger partial charge in [-0.15, -0.1) is 0 Å². The van der Waals surface area contributed by atoms with Gasteiger partial charge in [-0.2, -0.15) is 0 Å². The van der Waals surface area contributed by atoms with E-state index in [2.05, 4.69) is 10.2 Å². The number of carbonyl (C=O) groups excluding carboxylic acids is 2. The second-order valence-corrected chi connectivity index (χ2v) is 7.61. The van der Waals surface area contributed by atoms with Crippen molar-refractivity contribution in [3.63, 3.8) is 0 Å². The number of phenolic OH excluding ortho intramolecular Hbond substituents is 1. The fourth-order valence-electron chi connectivity index (χ4n) is 4.00. The number of aromatic hydroxyl groups is 1. The number of carboxylic acid groups (broad SMARTS) is 1. The summed E-state index contributed by atoms with van der Waals surface area (Å²) in [5.41, 5.74) is 0.449. The first kappa shape index (κ1) is 20.0. The Morgan fingerprint density at radius 1 is 1.04 bits per heavy atom. The highest BCUT2D eigenvalue weighted by Gasteiger charge is 2.38. The minimum atomic E-state index is -0.891. The summed E-state index contributed by atoms with van der Waals surface area (Å²) in [4.78, 5) is 39.2. The number of nitrogens with one attached hydrogen (secondary N) is 1. The Labute approximate surface area is 164 Å². The van der Waals surface area contributed by atoms with Crippen LogP contribution in [0.15, 0.2) is 24.3 Å². The summed E-state index contributed by atoms with van der Waals surface area (Å²) in [6, 6.07) is 7.03. The zero-order chi connectivity index (χ0) is 20.1. The molecule has 2 fully saturated rings. The molecule has 152 valence electrons. The minimum absolute atomic E-state index is 0.0141. The smallest absolute Gasteiger partial charge is 0.303 e. The molecular formula is C20H27N3O5. The lowest BCUT2D eigenvalue weighted by molar-refractivity contribution is -0.137. The van der Waals surface area contributed by atoms with Crippen LogP contribution < -0.4 is 10.2 Å². The maximum atomic E-state index is 12.6. The number of phenols is 1. The molecule has 1 aromatic rings. The van der Waals surface area contributed by atoms with Gasteiger partial charge in [-0.3, -0.25) is 14.4 Å². The normalized spacial score (nSPS) is 22.2. The number of anilines is 1. The first-order valence-electron chi connectivity index (χ1n) is 9.71. The summed E-state index contributed by atoms with van der Waals surface area (Å²) in [5, 5.41) is 21.3. The number of rotatable bonds is 7. The van der Waals surface area contributed by atoms with Gasteiger partial charge >= 0.3 is 5.97 Å². The van der Waals surface area contributed by atoms with Gasteiger partial charge in [0, 0.05) is 56.7 Å². The van der Waals surface area contributed by atoms with E-state index in [-0.39, 0.29) is 24.0 Å². The van der Waals surface area contributed by atoms with Gasteiger partial charge in [0.2, 0.25) is 11.8 Å². The van der Waals surface area contributed by atoms with Crippen LogP contribution in [0.5, 0.6) is 5.75 Å². The fraction of sp³-hybridized carbons (Fsp3) is 0.550. The van der Waals surface area contributed by atoms with Crippen LogP contribution in [0.3, 0.4) is 0 Å². The second kappa shape index (κ2) is 8.50. The van der Waals surface area contributed by atoms with Gasteiger partial charge in [-0.25, -0.2) is 0 Å². The van der Waals surface area contributed by atoms with Crippen molar-refractivity contribution < 1.29 is 24.6 Å². The molecule has 1 aromatic carbocycles. The summed E-state index contributed by atoms with van der Waals surface area (Å²) in [7, 11) is 0. The molecule has 3 rings (SSSR count). The van der Waals surface area contributed by atoms with Crippen molar-refractivity contribution in [1.29, 1.82) is 0 Å². The lowest BCUT2D eigenvalue weighted by Gasteiger charge is -2.37. The van der Waals surface area contributed by atoms with Gasteiger partial charge in [0.1, 0.15) is 5.75 Å². The molecule has 2 aliphatic rings. The van der Waals surface area contributed by atoms with Gasteiger partial charge in [0.05, 0.1) is 0 Å². The lowest BCUT2D eigenvalue weighted by atomic mass is 9.86. The quantitative estimate of drug-likeness (QED) is 0.649. The number of benzene rings is 1. The van der Waals surface area contributed by atoms with Crippen LogP contribution in [0.1, 0.15) is 38.5 Å². The molecule has 2 aliphatic heterocycles. The van der Waals surface area contributed by atoms with Crippen molar-refractivity contribution in [2.45, 2.75) is 44.1 Å². The number of amides is 2. The van der Waals surface area contributed by atoms with Crippen molar-refractivity contribution in [2.75, 3.05) is 31.1 Å². The van der Waals surface area contributed by atoms with E-state index in [0.717, 1.165) is 18.8 Å². The molecule has 0 spiro atoms. The van der Waals surface area contributed by atoms with Gasteiger partial charge in [0.15, 0.2) is 0 Å². The van der Waals surface area contributed by atoms with Crippen molar-refractivity contribution in [2.24, 2.45) is 0 Å². The summed E-state index contributed by atoms with van der Waals surface area (Å²) >= 11 is 0. The second-order valence-electron chi connectivity index (χ2n) is 7.61. The van der Waals surface area contributed by atoms with Crippen molar-refractivity contribution >= 4 is 23.5 Å². The number of carboxylic acids is 1. The molecule has 28 heavy (non-hydrogen) atoms. The molecule has 8 heteroatoms.